The summed E-state index contributed by atoms with van der Waals surface area (Å²) in [6.07, 6.45) is 6.89. The number of carbonyl (C=O) groups excluding carboxylic acids is 1. The van der Waals surface area contributed by atoms with Crippen molar-refractivity contribution in [3.63, 3.8) is 0 Å². The number of fused-ring (bicyclic) bond motifs is 3. The first kappa shape index (κ1) is 22.0. The highest BCUT2D eigenvalue weighted by molar-refractivity contribution is 6.33. The molecule has 1 aliphatic heterocycles. The maximum Gasteiger partial charge on any atom is 0.255 e. The molecular formula is C29H31BN4O2. The minimum atomic E-state index is 0.0742. The van der Waals surface area contributed by atoms with Crippen molar-refractivity contribution in [3.8, 4) is 17.1 Å². The molecule has 0 spiro atoms. The fourth-order valence-electron chi connectivity index (χ4n) is 6.57. The van der Waals surface area contributed by atoms with Gasteiger partial charge in [0.25, 0.3) is 5.91 Å². The molecule has 1 aromatic carbocycles. The Morgan fingerprint density at radius 3 is 2.67 bits per heavy atom. The highest BCUT2D eigenvalue weighted by Crippen LogP contribution is 2.45. The third kappa shape index (κ3) is 3.24. The molecular weight excluding hydrogens is 447 g/mol. The maximum absolute atomic E-state index is 13.6. The number of likely N-dealkylation sites (tertiary alicyclic amines) is 1. The largest absolute Gasteiger partial charge is 0.494 e. The molecule has 3 fully saturated rings. The molecule has 2 saturated carbocycles. The van der Waals surface area contributed by atoms with Gasteiger partial charge in [0, 0.05) is 41.8 Å². The van der Waals surface area contributed by atoms with E-state index in [-0.39, 0.29) is 5.91 Å². The average molecular weight is 478 g/mol. The van der Waals surface area contributed by atoms with E-state index in [1.165, 1.54) is 25.7 Å². The van der Waals surface area contributed by atoms with Gasteiger partial charge in [0.2, 0.25) is 0 Å². The molecule has 4 heterocycles. The lowest BCUT2D eigenvalue weighted by atomic mass is 9.73. The zero-order valence-electron chi connectivity index (χ0n) is 21.2. The van der Waals surface area contributed by atoms with Crippen molar-refractivity contribution in [2.75, 3.05) is 13.7 Å². The lowest BCUT2D eigenvalue weighted by Crippen LogP contribution is -2.36. The van der Waals surface area contributed by atoms with Gasteiger partial charge >= 0.3 is 0 Å². The van der Waals surface area contributed by atoms with Crippen LogP contribution < -0.4 is 10.2 Å². The highest BCUT2D eigenvalue weighted by Gasteiger charge is 2.46. The Kier molecular flexibility index (Phi) is 4.83. The smallest absolute Gasteiger partial charge is 0.255 e. The minimum absolute atomic E-state index is 0.0742. The van der Waals surface area contributed by atoms with Gasteiger partial charge in [0.1, 0.15) is 24.8 Å². The quantitative estimate of drug-likeness (QED) is 0.401. The van der Waals surface area contributed by atoms with Crippen LogP contribution in [0.5, 0.6) is 5.75 Å². The molecule has 0 bridgehead atoms. The second kappa shape index (κ2) is 7.89. The standard InChI is InChI=1S/C29H31BN4O2/c1-16-27(25-10-19-6-8-22(30)12-24(19)33(25)13-18-4-5-18)31-34-15-21(11-26(36-3)28(16)34)29(35)32-14-20-7-9-23(20)17(32)2/h6,8,10-12,15,17-18,20,23H,4-5,7,9,13-14H2,1-3H3/t17?,20?,23-/m0/s1. The van der Waals surface area contributed by atoms with Crippen molar-refractivity contribution in [2.45, 2.75) is 52.1 Å². The first-order valence-electron chi connectivity index (χ1n) is 13.2. The molecule has 7 rings (SSSR count). The molecule has 0 N–H and O–H groups in total. The highest BCUT2D eigenvalue weighted by atomic mass is 16.5. The van der Waals surface area contributed by atoms with E-state index in [1.54, 1.807) is 7.11 Å². The van der Waals surface area contributed by atoms with Crippen molar-refractivity contribution in [1.29, 1.82) is 0 Å². The second-order valence-corrected chi connectivity index (χ2v) is 11.2. The fourth-order valence-corrected chi connectivity index (χ4v) is 6.57. The number of aromatic nitrogens is 3. The molecule has 6 nitrogen and oxygen atoms in total. The lowest BCUT2D eigenvalue weighted by Gasteiger charge is -2.31. The normalized spacial score (nSPS) is 23.3. The van der Waals surface area contributed by atoms with Crippen molar-refractivity contribution in [2.24, 2.45) is 17.8 Å². The summed E-state index contributed by atoms with van der Waals surface area (Å²) in [6, 6.07) is 10.5. The van der Waals surface area contributed by atoms with Crippen LogP contribution in [0.3, 0.4) is 0 Å². The van der Waals surface area contributed by atoms with Crippen LogP contribution in [-0.2, 0) is 6.54 Å². The van der Waals surface area contributed by atoms with Gasteiger partial charge in [-0.25, -0.2) is 4.52 Å². The van der Waals surface area contributed by atoms with Crippen molar-refractivity contribution in [1.82, 2.24) is 19.1 Å². The first-order valence-corrected chi connectivity index (χ1v) is 13.2. The van der Waals surface area contributed by atoms with Crippen molar-refractivity contribution >= 4 is 35.6 Å². The predicted octanol–water partition coefficient (Wildman–Crippen LogP) is 4.35. The summed E-state index contributed by atoms with van der Waals surface area (Å²) >= 11 is 0. The Hall–Kier alpha value is -3.22. The van der Waals surface area contributed by atoms with Crippen molar-refractivity contribution in [3.05, 3.63) is 47.7 Å². The number of hydrogen-bond donors (Lipinski definition) is 0. The van der Waals surface area contributed by atoms with E-state index >= 15 is 0 Å². The van der Waals surface area contributed by atoms with Gasteiger partial charge in [-0.3, -0.25) is 4.79 Å². The molecule has 2 aliphatic carbocycles. The Labute approximate surface area is 212 Å². The molecule has 1 amide bonds. The van der Waals surface area contributed by atoms with Crippen molar-refractivity contribution < 1.29 is 9.53 Å². The molecule has 3 atom stereocenters. The summed E-state index contributed by atoms with van der Waals surface area (Å²) in [7, 11) is 7.83. The molecule has 2 radical (unpaired) electrons. The van der Waals surface area contributed by atoms with Gasteiger partial charge in [-0.2, -0.15) is 5.10 Å². The number of amides is 1. The second-order valence-electron chi connectivity index (χ2n) is 11.2. The Morgan fingerprint density at radius 2 is 2.00 bits per heavy atom. The van der Waals surface area contributed by atoms with Crippen LogP contribution >= 0.6 is 0 Å². The molecule has 1 saturated heterocycles. The Morgan fingerprint density at radius 1 is 1.17 bits per heavy atom. The van der Waals surface area contributed by atoms with E-state index in [1.807, 2.05) is 22.8 Å². The maximum atomic E-state index is 13.6. The first-order chi connectivity index (χ1) is 17.4. The van der Waals surface area contributed by atoms with Crippen LogP contribution in [0.4, 0.5) is 0 Å². The number of benzene rings is 1. The molecule has 3 aromatic heterocycles. The van der Waals surface area contributed by atoms with E-state index in [2.05, 4.69) is 41.5 Å². The number of rotatable bonds is 5. The van der Waals surface area contributed by atoms with Gasteiger partial charge in [0.05, 0.1) is 18.4 Å². The van der Waals surface area contributed by atoms with Gasteiger partial charge in [-0.1, -0.05) is 17.6 Å². The molecule has 3 aliphatic rings. The van der Waals surface area contributed by atoms with E-state index < -0.39 is 0 Å². The van der Waals surface area contributed by atoms with Crippen LogP contribution in [0.2, 0.25) is 0 Å². The molecule has 7 heteroatoms. The Bertz CT molecular complexity index is 1530. The lowest BCUT2D eigenvalue weighted by molar-refractivity contribution is 0.0732. The van der Waals surface area contributed by atoms with Gasteiger partial charge in [-0.15, -0.1) is 0 Å². The summed E-state index contributed by atoms with van der Waals surface area (Å²) in [5, 5.41) is 6.21. The van der Waals surface area contributed by atoms with Gasteiger partial charge < -0.3 is 14.2 Å². The summed E-state index contributed by atoms with van der Waals surface area (Å²) in [5.74, 6) is 2.77. The average Bonchev–Trinajstić information content (AvgIpc) is 3.46. The SMILES string of the molecule is [B]c1ccc2cc(-c3nn4cc(C(=O)N5CC6CC[C@H]6C5C)cc(OC)c4c3C)n(CC3CC3)c2c1. The van der Waals surface area contributed by atoms with E-state index in [9.17, 15) is 4.79 Å². The predicted molar refractivity (Wildman–Crippen MR) is 142 cm³/mol. The van der Waals surface area contributed by atoms with Crippen LogP contribution in [0.25, 0.3) is 27.8 Å². The van der Waals surface area contributed by atoms with E-state index in [0.717, 1.165) is 51.9 Å². The third-order valence-corrected chi connectivity index (χ3v) is 8.98. The molecule has 182 valence electrons. The number of pyridine rings is 1. The summed E-state index contributed by atoms with van der Waals surface area (Å²) in [4.78, 5) is 15.6. The summed E-state index contributed by atoms with van der Waals surface area (Å²) < 4.78 is 10.0. The number of hydrogen-bond acceptors (Lipinski definition) is 3. The van der Waals surface area contributed by atoms with Crippen LogP contribution in [0.15, 0.2) is 36.5 Å². The van der Waals surface area contributed by atoms with Gasteiger partial charge in [-0.05, 0) is 75.5 Å². The Balaban J connectivity index is 1.35. The topological polar surface area (TPSA) is 51.8 Å². The number of carbonyl (C=O) groups is 1. The zero-order chi connectivity index (χ0) is 24.7. The third-order valence-electron chi connectivity index (χ3n) is 8.98. The number of ether oxygens (including phenoxy) is 1. The summed E-state index contributed by atoms with van der Waals surface area (Å²) in [6.45, 7) is 6.11. The molecule has 2 unspecified atom stereocenters. The molecule has 4 aromatic rings. The van der Waals surface area contributed by atoms with Crippen LogP contribution in [-0.4, -0.2) is 52.5 Å². The minimum Gasteiger partial charge on any atom is -0.494 e. The zero-order valence-corrected chi connectivity index (χ0v) is 21.2. The van der Waals surface area contributed by atoms with E-state index in [4.69, 9.17) is 17.7 Å². The monoisotopic (exact) mass is 478 g/mol. The van der Waals surface area contributed by atoms with Crippen LogP contribution in [0.1, 0.15) is 48.5 Å². The number of methoxy groups -OCH3 is 1. The number of aryl methyl sites for hydroxylation is 1. The molecule has 36 heavy (non-hydrogen) atoms. The summed E-state index contributed by atoms with van der Waals surface area (Å²) in [5.41, 5.74) is 6.50. The van der Waals surface area contributed by atoms with E-state index in [0.29, 0.717) is 35.1 Å². The fraction of sp³-hybridized carbons (Fsp3) is 0.448. The van der Waals surface area contributed by atoms with Gasteiger partial charge in [0.15, 0.2) is 0 Å². The number of nitrogens with zero attached hydrogens (tertiary/aromatic N) is 4. The van der Waals surface area contributed by atoms with Crippen LogP contribution in [0, 0.1) is 24.7 Å².